The number of carbonyl (C=O) groups is 1. The summed E-state index contributed by atoms with van der Waals surface area (Å²) in [5.41, 5.74) is 4.50. The average Bonchev–Trinajstić information content (AvgIpc) is 3.12. The van der Waals surface area contributed by atoms with Crippen molar-refractivity contribution in [3.63, 3.8) is 0 Å². The van der Waals surface area contributed by atoms with Crippen LogP contribution in [0.15, 0.2) is 65.9 Å². The molecule has 53 heavy (non-hydrogen) atoms. The molecule has 1 amide bonds. The van der Waals surface area contributed by atoms with E-state index >= 15 is 0 Å². The van der Waals surface area contributed by atoms with Crippen molar-refractivity contribution >= 4 is 11.8 Å². The van der Waals surface area contributed by atoms with Crippen molar-refractivity contribution < 1.29 is 38.8 Å². The van der Waals surface area contributed by atoms with Crippen LogP contribution in [0.3, 0.4) is 0 Å². The average molecular weight is 733 g/mol. The zero-order valence-electron chi connectivity index (χ0n) is 32.7. The normalized spacial score (nSPS) is 25.4. The lowest BCUT2D eigenvalue weighted by Crippen LogP contribution is -2.69. The Morgan fingerprint density at radius 3 is 2.40 bits per heavy atom. The number of aliphatic hydroxyl groups excluding tert-OH is 2. The number of oxime groups is 1. The van der Waals surface area contributed by atoms with Crippen LogP contribution in [-0.4, -0.2) is 77.8 Å². The van der Waals surface area contributed by atoms with Crippen molar-refractivity contribution in [2.24, 2.45) is 22.9 Å². The van der Waals surface area contributed by atoms with Gasteiger partial charge in [0.05, 0.1) is 24.8 Å². The van der Waals surface area contributed by atoms with Crippen molar-refractivity contribution in [2.75, 3.05) is 33.5 Å². The van der Waals surface area contributed by atoms with Crippen LogP contribution >= 0.6 is 0 Å². The molecule has 1 heterocycles. The predicted molar refractivity (Wildman–Crippen MR) is 207 cm³/mol. The first kappa shape index (κ1) is 40.3. The maximum atomic E-state index is 13.6. The molecular formula is C43H60N2O8. The largest absolute Gasteiger partial charge is 0.459 e. The zero-order valence-corrected chi connectivity index (χ0v) is 32.7. The molecule has 290 valence electrons. The Labute approximate surface area is 315 Å². The van der Waals surface area contributed by atoms with E-state index in [1.54, 1.807) is 24.9 Å². The number of carbonyl (C=O) groups excluding carboxylic acids is 1. The number of allylic oxidation sites excluding steroid dienone is 1. The smallest absolute Gasteiger partial charge is 0.409 e. The Kier molecular flexibility index (Phi) is 13.3. The SMILES string of the molecule is C=CCO[C@@]12Oc3ccc(Oc4ccc(C)c(C)c4)cc3[C@H]3[C@H](CCCCO)[C@@H](CCCCO)C=C(C(=NOC(C)(C)C)C[C@@H]1N(C)C(=O)OCC)[C@H]32. The Bertz CT molecular complexity index is 1650. The van der Waals surface area contributed by atoms with Crippen LogP contribution in [0.25, 0.3) is 0 Å². The Hall–Kier alpha value is -3.86. The molecule has 0 radical (unpaired) electrons. The quantitative estimate of drug-likeness (QED) is 0.100. The van der Waals surface area contributed by atoms with Gasteiger partial charge in [0.15, 0.2) is 0 Å². The fraction of sp³-hybridized carbons (Fsp3) is 0.581. The van der Waals surface area contributed by atoms with Crippen LogP contribution in [-0.2, 0) is 14.3 Å². The minimum absolute atomic E-state index is 0.108. The first-order chi connectivity index (χ1) is 25.4. The number of likely N-dealkylation sites (N-methyl/N-ethyl adjacent to an activating group) is 1. The number of aryl methyl sites for hydroxylation is 2. The highest BCUT2D eigenvalue weighted by Crippen LogP contribution is 2.62. The molecule has 3 aliphatic rings. The number of unbranched alkanes of at least 4 members (excludes halogenated alkanes) is 2. The highest BCUT2D eigenvalue weighted by atomic mass is 16.7. The molecule has 2 N–H and O–H groups in total. The number of benzene rings is 2. The molecule has 0 unspecified atom stereocenters. The number of ether oxygens (including phenoxy) is 4. The second-order valence-electron chi connectivity index (χ2n) is 15.6. The van der Waals surface area contributed by atoms with Crippen LogP contribution < -0.4 is 9.47 Å². The number of rotatable bonds is 16. The topological polar surface area (TPSA) is 119 Å². The summed E-state index contributed by atoms with van der Waals surface area (Å²) in [6.07, 6.45) is 8.66. The molecule has 10 heteroatoms. The van der Waals surface area contributed by atoms with Gasteiger partial charge in [0.1, 0.15) is 28.9 Å². The van der Waals surface area contributed by atoms with E-state index in [0.29, 0.717) is 30.8 Å². The van der Waals surface area contributed by atoms with Crippen molar-refractivity contribution in [2.45, 2.75) is 110 Å². The number of hydrogen-bond donors (Lipinski definition) is 2. The summed E-state index contributed by atoms with van der Waals surface area (Å²) in [7, 11) is 1.73. The fourth-order valence-electron chi connectivity index (χ4n) is 8.25. The van der Waals surface area contributed by atoms with E-state index in [1.165, 1.54) is 5.56 Å². The number of hydrogen-bond acceptors (Lipinski definition) is 9. The molecule has 1 saturated carbocycles. The zero-order chi connectivity index (χ0) is 38.3. The van der Waals surface area contributed by atoms with Crippen LogP contribution in [0.5, 0.6) is 17.2 Å². The van der Waals surface area contributed by atoms with Gasteiger partial charge in [-0.1, -0.05) is 36.2 Å². The summed E-state index contributed by atoms with van der Waals surface area (Å²) in [4.78, 5) is 21.3. The third-order valence-corrected chi connectivity index (χ3v) is 10.8. The summed E-state index contributed by atoms with van der Waals surface area (Å²) >= 11 is 0. The van der Waals surface area contributed by atoms with E-state index in [1.807, 2.05) is 45.0 Å². The second kappa shape index (κ2) is 17.5. The van der Waals surface area contributed by atoms with Gasteiger partial charge < -0.3 is 38.9 Å². The first-order valence-corrected chi connectivity index (χ1v) is 19.3. The molecule has 6 atom stereocenters. The third-order valence-electron chi connectivity index (χ3n) is 10.8. The summed E-state index contributed by atoms with van der Waals surface area (Å²) < 4.78 is 26.1. The molecule has 10 nitrogen and oxygen atoms in total. The van der Waals surface area contributed by atoms with Crippen LogP contribution in [0.2, 0.25) is 0 Å². The number of fused-ring (bicyclic) bond motifs is 2. The molecule has 0 spiro atoms. The van der Waals surface area contributed by atoms with E-state index < -0.39 is 29.4 Å². The molecule has 1 fully saturated rings. The van der Waals surface area contributed by atoms with Crippen molar-refractivity contribution in [3.8, 4) is 17.2 Å². The van der Waals surface area contributed by atoms with Gasteiger partial charge in [0.25, 0.3) is 0 Å². The highest BCUT2D eigenvalue weighted by Gasteiger charge is 2.65. The minimum Gasteiger partial charge on any atom is -0.459 e. The Morgan fingerprint density at radius 2 is 1.74 bits per heavy atom. The number of amides is 1. The molecule has 0 saturated heterocycles. The van der Waals surface area contributed by atoms with E-state index in [0.717, 1.165) is 53.8 Å². The van der Waals surface area contributed by atoms with Crippen LogP contribution in [0.4, 0.5) is 4.79 Å². The lowest BCUT2D eigenvalue weighted by Gasteiger charge is -2.59. The van der Waals surface area contributed by atoms with Gasteiger partial charge in [-0.3, -0.25) is 0 Å². The summed E-state index contributed by atoms with van der Waals surface area (Å²) in [6, 6.07) is 11.4. The van der Waals surface area contributed by atoms with Gasteiger partial charge in [-0.25, -0.2) is 4.79 Å². The van der Waals surface area contributed by atoms with Crippen molar-refractivity contribution in [3.05, 3.63) is 77.4 Å². The minimum atomic E-state index is -1.33. The Morgan fingerprint density at radius 1 is 1.04 bits per heavy atom. The van der Waals surface area contributed by atoms with Crippen molar-refractivity contribution in [1.29, 1.82) is 0 Å². The van der Waals surface area contributed by atoms with Gasteiger partial charge in [0, 0.05) is 38.2 Å². The second-order valence-corrected chi connectivity index (χ2v) is 15.6. The first-order valence-electron chi connectivity index (χ1n) is 19.3. The van der Waals surface area contributed by atoms with Gasteiger partial charge in [-0.05, 0) is 126 Å². The van der Waals surface area contributed by atoms with Gasteiger partial charge in [-0.2, -0.15) is 0 Å². The van der Waals surface area contributed by atoms with E-state index in [-0.39, 0.29) is 44.2 Å². The maximum Gasteiger partial charge on any atom is 0.409 e. The molecule has 0 aromatic heterocycles. The molecule has 2 aliphatic carbocycles. The molecule has 1 aliphatic heterocycles. The van der Waals surface area contributed by atoms with Gasteiger partial charge in [-0.15, -0.1) is 6.58 Å². The van der Waals surface area contributed by atoms with Crippen molar-refractivity contribution in [1.82, 2.24) is 4.90 Å². The molecule has 2 aromatic rings. The summed E-state index contributed by atoms with van der Waals surface area (Å²) in [5.74, 6) is 0.459. The number of nitrogens with zero attached hydrogens (tertiary/aromatic N) is 2. The molecule has 0 bridgehead atoms. The van der Waals surface area contributed by atoms with Gasteiger partial charge >= 0.3 is 6.09 Å². The fourth-order valence-corrected chi connectivity index (χ4v) is 8.25. The maximum absolute atomic E-state index is 13.6. The van der Waals surface area contributed by atoms with Gasteiger partial charge in [0.2, 0.25) is 5.79 Å². The lowest BCUT2D eigenvalue weighted by molar-refractivity contribution is -0.253. The van der Waals surface area contributed by atoms with Crippen LogP contribution in [0, 0.1) is 31.6 Å². The number of aliphatic hydroxyl groups is 2. The summed E-state index contributed by atoms with van der Waals surface area (Å²) in [5, 5.41) is 24.5. The lowest BCUT2D eigenvalue weighted by atomic mass is 9.55. The molecular weight excluding hydrogens is 672 g/mol. The monoisotopic (exact) mass is 732 g/mol. The predicted octanol–water partition coefficient (Wildman–Crippen LogP) is 8.62. The van der Waals surface area contributed by atoms with E-state index in [9.17, 15) is 15.0 Å². The highest BCUT2D eigenvalue weighted by molar-refractivity contribution is 6.03. The molecule has 5 rings (SSSR count). The Balaban J connectivity index is 1.77. The third kappa shape index (κ3) is 8.93. The van der Waals surface area contributed by atoms with E-state index in [2.05, 4.69) is 38.6 Å². The standard InChI is InChI=1S/C43H60N2O8/c1-9-23-50-43-38(45(8)41(48)49-10-2)27-36(44-53-42(5,6)7)34-25-30(15-11-13-21-46)33(16-12-14-22-47)39(40(34)43)35-26-32(19-20-37(35)52-43)51-31-18-17-28(3)29(4)24-31/h9,17-20,24-26,30,33,38-40,46-47H,1,10-16,21-23,27H2,2-8H3/t30-,33+,38-,39+,40+,43+/m0/s1. The van der Waals surface area contributed by atoms with Crippen LogP contribution in [0.1, 0.15) is 95.2 Å². The molecule has 2 aromatic carbocycles. The summed E-state index contributed by atoms with van der Waals surface area (Å²) in [6.45, 7) is 16.5. The van der Waals surface area contributed by atoms with E-state index in [4.69, 9.17) is 28.9 Å².